The van der Waals surface area contributed by atoms with Crippen LogP contribution in [-0.2, 0) is 4.74 Å². The first-order chi connectivity index (χ1) is 8.72. The van der Waals surface area contributed by atoms with E-state index in [1.165, 1.54) is 7.11 Å². The van der Waals surface area contributed by atoms with Crippen molar-refractivity contribution in [1.29, 1.82) is 5.41 Å². The number of rotatable bonds is 8. The van der Waals surface area contributed by atoms with E-state index < -0.39 is 0 Å². The Kier molecular flexibility index (Phi) is 6.34. The van der Waals surface area contributed by atoms with Crippen molar-refractivity contribution in [3.8, 4) is 5.88 Å². The van der Waals surface area contributed by atoms with E-state index in [0.29, 0.717) is 24.5 Å². The van der Waals surface area contributed by atoms with Crippen LogP contribution in [0.1, 0.15) is 5.69 Å². The lowest BCUT2D eigenvalue weighted by molar-refractivity contribution is 0.0992. The zero-order valence-electron chi connectivity index (χ0n) is 9.94. The summed E-state index contributed by atoms with van der Waals surface area (Å²) in [6.07, 6.45) is 1.06. The summed E-state index contributed by atoms with van der Waals surface area (Å²) in [5, 5.41) is 18.8. The van der Waals surface area contributed by atoms with E-state index >= 15 is 0 Å². The van der Waals surface area contributed by atoms with Crippen LogP contribution in [0.2, 0.25) is 5.28 Å². The van der Waals surface area contributed by atoms with E-state index in [4.69, 9.17) is 31.6 Å². The fraction of sp³-hybridized carbons (Fsp3) is 0.500. The summed E-state index contributed by atoms with van der Waals surface area (Å²) < 4.78 is 10.2. The van der Waals surface area contributed by atoms with E-state index in [9.17, 15) is 0 Å². The molecule has 0 bridgehead atoms. The Labute approximate surface area is 110 Å². The van der Waals surface area contributed by atoms with Crippen molar-refractivity contribution in [1.82, 2.24) is 9.97 Å². The smallest absolute Gasteiger partial charge is 0.242 e. The molecule has 0 saturated carbocycles. The van der Waals surface area contributed by atoms with Gasteiger partial charge in [-0.1, -0.05) is 0 Å². The first kappa shape index (κ1) is 14.6. The number of hydrogen-bond acceptors (Lipinski definition) is 7. The summed E-state index contributed by atoms with van der Waals surface area (Å²) in [7, 11) is 1.46. The molecule has 0 aromatic carbocycles. The standard InChI is InChI=1S/C10H15ClN4O3/c1-17-9-8(13-2-4-18-5-3-16)7(6-12)14-10(11)15-9/h6,12-13,16H,2-5H2,1H3. The molecule has 18 heavy (non-hydrogen) atoms. The third kappa shape index (κ3) is 4.10. The molecular formula is C10H15ClN4O3. The first-order valence-electron chi connectivity index (χ1n) is 5.27. The molecule has 3 N–H and O–H groups in total. The minimum Gasteiger partial charge on any atom is -0.479 e. The van der Waals surface area contributed by atoms with Crippen molar-refractivity contribution >= 4 is 23.5 Å². The molecule has 0 aliphatic rings. The predicted octanol–water partition coefficient (Wildman–Crippen LogP) is 0.557. The van der Waals surface area contributed by atoms with Gasteiger partial charge in [0.05, 0.1) is 26.9 Å². The molecule has 8 heteroatoms. The molecule has 100 valence electrons. The number of methoxy groups -OCH3 is 1. The van der Waals surface area contributed by atoms with Gasteiger partial charge in [-0.25, -0.2) is 4.98 Å². The highest BCUT2D eigenvalue weighted by Gasteiger charge is 2.12. The van der Waals surface area contributed by atoms with Gasteiger partial charge < -0.3 is 25.3 Å². The van der Waals surface area contributed by atoms with Crippen LogP contribution in [0.15, 0.2) is 0 Å². The number of halogens is 1. The zero-order valence-corrected chi connectivity index (χ0v) is 10.7. The second kappa shape index (κ2) is 7.80. The van der Waals surface area contributed by atoms with Gasteiger partial charge in [0.15, 0.2) is 0 Å². The van der Waals surface area contributed by atoms with Crippen LogP contribution >= 0.6 is 11.6 Å². The summed E-state index contributed by atoms with van der Waals surface area (Å²) in [6, 6.07) is 0. The van der Waals surface area contributed by atoms with Crippen molar-refractivity contribution < 1.29 is 14.6 Å². The Morgan fingerprint density at radius 3 is 2.83 bits per heavy atom. The van der Waals surface area contributed by atoms with Crippen LogP contribution in [0.3, 0.4) is 0 Å². The molecule has 0 fully saturated rings. The van der Waals surface area contributed by atoms with E-state index in [0.717, 1.165) is 6.21 Å². The van der Waals surface area contributed by atoms with Gasteiger partial charge in [0.25, 0.3) is 0 Å². The highest BCUT2D eigenvalue weighted by Crippen LogP contribution is 2.25. The number of anilines is 1. The van der Waals surface area contributed by atoms with Gasteiger partial charge in [-0.3, -0.25) is 0 Å². The molecule has 0 aliphatic heterocycles. The SMILES string of the molecule is COc1nc(Cl)nc(C=N)c1NCCOCCO. The third-order valence-corrected chi connectivity index (χ3v) is 2.16. The summed E-state index contributed by atoms with van der Waals surface area (Å²) >= 11 is 5.70. The molecule has 1 heterocycles. The molecule has 1 aromatic rings. The number of aromatic nitrogens is 2. The molecule has 0 unspecified atom stereocenters. The maximum absolute atomic E-state index is 8.55. The van der Waals surface area contributed by atoms with Crippen LogP contribution in [0.4, 0.5) is 5.69 Å². The maximum Gasteiger partial charge on any atom is 0.242 e. The van der Waals surface area contributed by atoms with Crippen molar-refractivity contribution in [3.05, 3.63) is 11.0 Å². The zero-order chi connectivity index (χ0) is 13.4. The molecular weight excluding hydrogens is 260 g/mol. The number of aliphatic hydroxyl groups excluding tert-OH is 1. The van der Waals surface area contributed by atoms with Crippen LogP contribution in [0.5, 0.6) is 5.88 Å². The molecule has 0 atom stereocenters. The van der Waals surface area contributed by atoms with Crippen LogP contribution < -0.4 is 10.1 Å². The number of aliphatic hydroxyl groups is 1. The molecule has 1 rings (SSSR count). The molecule has 0 amide bonds. The molecule has 1 aromatic heterocycles. The summed E-state index contributed by atoms with van der Waals surface area (Å²) in [5.74, 6) is 0.274. The Bertz CT molecular complexity index is 403. The quantitative estimate of drug-likeness (QED) is 0.364. The largest absolute Gasteiger partial charge is 0.479 e. The Hall–Kier alpha value is -1.44. The molecule has 0 aliphatic carbocycles. The minimum atomic E-state index is -0.0148. The van der Waals surface area contributed by atoms with Crippen molar-refractivity contribution in [2.24, 2.45) is 0 Å². The van der Waals surface area contributed by atoms with E-state index in [-0.39, 0.29) is 24.4 Å². The average Bonchev–Trinajstić information content (AvgIpc) is 2.39. The summed E-state index contributed by atoms with van der Waals surface area (Å²) in [6.45, 7) is 1.15. The van der Waals surface area contributed by atoms with Gasteiger partial charge in [0, 0.05) is 12.8 Å². The molecule has 0 spiro atoms. The minimum absolute atomic E-state index is 0.0148. The van der Waals surface area contributed by atoms with Gasteiger partial charge in [-0.05, 0) is 11.6 Å². The van der Waals surface area contributed by atoms with Gasteiger partial charge in [0.2, 0.25) is 11.2 Å². The molecule has 0 saturated heterocycles. The Morgan fingerprint density at radius 2 is 2.22 bits per heavy atom. The lowest BCUT2D eigenvalue weighted by Gasteiger charge is -2.12. The molecule has 7 nitrogen and oxygen atoms in total. The lowest BCUT2D eigenvalue weighted by Crippen LogP contribution is -2.14. The second-order valence-electron chi connectivity index (χ2n) is 3.17. The monoisotopic (exact) mass is 274 g/mol. The maximum atomic E-state index is 8.55. The lowest BCUT2D eigenvalue weighted by atomic mass is 10.3. The van der Waals surface area contributed by atoms with Crippen LogP contribution in [0.25, 0.3) is 0 Å². The number of hydrogen-bond donors (Lipinski definition) is 3. The van der Waals surface area contributed by atoms with E-state index in [2.05, 4.69) is 15.3 Å². The Morgan fingerprint density at radius 1 is 1.44 bits per heavy atom. The first-order valence-corrected chi connectivity index (χ1v) is 5.65. The summed E-state index contributed by atoms with van der Waals surface area (Å²) in [4.78, 5) is 7.80. The predicted molar refractivity (Wildman–Crippen MR) is 67.9 cm³/mol. The normalized spacial score (nSPS) is 10.2. The van der Waals surface area contributed by atoms with E-state index in [1.54, 1.807) is 0 Å². The number of ether oxygens (including phenoxy) is 2. The Balaban J connectivity index is 2.70. The van der Waals surface area contributed by atoms with Crippen LogP contribution in [0, 0.1) is 5.41 Å². The number of nitrogens with zero attached hydrogens (tertiary/aromatic N) is 2. The second-order valence-corrected chi connectivity index (χ2v) is 3.51. The van der Waals surface area contributed by atoms with Crippen molar-refractivity contribution in [3.63, 3.8) is 0 Å². The average molecular weight is 275 g/mol. The topological polar surface area (TPSA) is 100 Å². The molecule has 0 radical (unpaired) electrons. The van der Waals surface area contributed by atoms with E-state index in [1.807, 2.05) is 0 Å². The van der Waals surface area contributed by atoms with Gasteiger partial charge in [-0.2, -0.15) is 4.98 Å². The van der Waals surface area contributed by atoms with Gasteiger partial charge in [0.1, 0.15) is 11.4 Å². The highest BCUT2D eigenvalue weighted by atomic mass is 35.5. The third-order valence-electron chi connectivity index (χ3n) is 1.99. The fourth-order valence-electron chi connectivity index (χ4n) is 1.26. The van der Waals surface area contributed by atoms with Gasteiger partial charge >= 0.3 is 0 Å². The summed E-state index contributed by atoms with van der Waals surface area (Å²) in [5.41, 5.74) is 0.832. The fourth-order valence-corrected chi connectivity index (χ4v) is 1.43. The van der Waals surface area contributed by atoms with Crippen molar-refractivity contribution in [2.45, 2.75) is 0 Å². The van der Waals surface area contributed by atoms with Crippen LogP contribution in [-0.4, -0.2) is 54.8 Å². The van der Waals surface area contributed by atoms with Gasteiger partial charge in [-0.15, -0.1) is 0 Å². The van der Waals surface area contributed by atoms with Crippen molar-refractivity contribution in [2.75, 3.05) is 38.8 Å². The highest BCUT2D eigenvalue weighted by molar-refractivity contribution is 6.28. The number of nitrogens with one attached hydrogen (secondary N) is 2.